The van der Waals surface area contributed by atoms with Gasteiger partial charge in [0.15, 0.2) is 0 Å². The molecule has 10 atom stereocenters. The van der Waals surface area contributed by atoms with Gasteiger partial charge in [-0.15, -0.1) is 0 Å². The van der Waals surface area contributed by atoms with Crippen LogP contribution < -0.4 is 0 Å². The number of rotatable bonds is 5. The van der Waals surface area contributed by atoms with Gasteiger partial charge in [0.2, 0.25) is 0 Å². The maximum Gasteiger partial charge on any atom is 0.123 e. The first-order chi connectivity index (χ1) is 14.9. The van der Waals surface area contributed by atoms with E-state index in [-0.39, 0.29) is 5.92 Å². The Morgan fingerprint density at radius 1 is 1.06 bits per heavy atom. The van der Waals surface area contributed by atoms with E-state index in [4.69, 9.17) is 4.74 Å². The van der Waals surface area contributed by atoms with Crippen molar-refractivity contribution < 1.29 is 9.53 Å². The lowest BCUT2D eigenvalue weighted by Gasteiger charge is -2.61. The molecule has 0 aromatic heterocycles. The van der Waals surface area contributed by atoms with Crippen molar-refractivity contribution >= 4 is 6.29 Å². The van der Waals surface area contributed by atoms with Crippen LogP contribution in [0.5, 0.6) is 0 Å². The third-order valence-corrected chi connectivity index (χ3v) is 11.8. The highest BCUT2D eigenvalue weighted by molar-refractivity contribution is 5.53. The van der Waals surface area contributed by atoms with Gasteiger partial charge < -0.3 is 9.53 Å². The van der Waals surface area contributed by atoms with E-state index >= 15 is 0 Å². The number of carbonyl (C=O) groups is 1. The Kier molecular flexibility index (Phi) is 4.57. The van der Waals surface area contributed by atoms with Crippen molar-refractivity contribution in [1.29, 1.82) is 0 Å². The van der Waals surface area contributed by atoms with Crippen LogP contribution in [0.15, 0.2) is 30.3 Å². The molecule has 6 rings (SSSR count). The second-order valence-corrected chi connectivity index (χ2v) is 12.5. The monoisotopic (exact) mass is 420 g/mol. The predicted octanol–water partition coefficient (Wildman–Crippen LogP) is 6.68. The Morgan fingerprint density at radius 2 is 1.87 bits per heavy atom. The molecule has 0 unspecified atom stereocenters. The van der Waals surface area contributed by atoms with Crippen molar-refractivity contribution in [3.8, 4) is 0 Å². The molecule has 168 valence electrons. The molecule has 5 fully saturated rings. The standard InChI is InChI=1S/C29H40O2/c1-19(17-30)23-9-10-24-22-15-26(31-18-20-7-5-4-6-8-20)29-16-21(29)11-14-28(29,3)25(22)12-13-27(23,24)2/h4-8,17,19,21-26H,9-16,18H2,1-3H3/t19-,21+,22+,23-,24+,25+,26-,27-,28-,29+/m1/s1. The summed E-state index contributed by atoms with van der Waals surface area (Å²) in [7, 11) is 0. The first kappa shape index (κ1) is 20.5. The van der Waals surface area contributed by atoms with E-state index in [9.17, 15) is 4.79 Å². The highest BCUT2D eigenvalue weighted by Gasteiger charge is 2.77. The van der Waals surface area contributed by atoms with Crippen LogP contribution in [0.1, 0.15) is 77.7 Å². The van der Waals surface area contributed by atoms with Gasteiger partial charge in [-0.05, 0) is 97.3 Å². The minimum absolute atomic E-state index is 0.210. The van der Waals surface area contributed by atoms with Crippen LogP contribution in [0.3, 0.4) is 0 Å². The topological polar surface area (TPSA) is 26.3 Å². The Balaban J connectivity index is 1.31. The van der Waals surface area contributed by atoms with E-state index in [0.717, 1.165) is 30.3 Å². The van der Waals surface area contributed by atoms with Crippen LogP contribution in [-0.4, -0.2) is 12.4 Å². The largest absolute Gasteiger partial charge is 0.373 e. The average Bonchev–Trinajstić information content (AvgIpc) is 3.30. The Labute approximate surface area is 188 Å². The summed E-state index contributed by atoms with van der Waals surface area (Å²) >= 11 is 0. The van der Waals surface area contributed by atoms with Gasteiger partial charge in [0, 0.05) is 11.3 Å². The Bertz CT molecular complexity index is 850. The molecular weight excluding hydrogens is 380 g/mol. The lowest BCUT2D eigenvalue weighted by molar-refractivity contribution is -0.172. The second-order valence-electron chi connectivity index (χ2n) is 12.5. The maximum absolute atomic E-state index is 11.7. The van der Waals surface area contributed by atoms with Crippen molar-refractivity contribution in [3.05, 3.63) is 35.9 Å². The molecule has 0 bridgehead atoms. The maximum atomic E-state index is 11.7. The molecule has 1 spiro atoms. The molecule has 5 aliphatic rings. The van der Waals surface area contributed by atoms with Gasteiger partial charge in [0.25, 0.3) is 0 Å². The molecule has 0 radical (unpaired) electrons. The fourth-order valence-electron chi connectivity index (χ4n) is 10.3. The number of ether oxygens (including phenoxy) is 1. The fourth-order valence-corrected chi connectivity index (χ4v) is 10.3. The van der Waals surface area contributed by atoms with E-state index < -0.39 is 0 Å². The zero-order chi connectivity index (χ0) is 21.4. The lowest BCUT2D eigenvalue weighted by atomic mass is 9.45. The Morgan fingerprint density at radius 3 is 2.61 bits per heavy atom. The van der Waals surface area contributed by atoms with E-state index in [1.54, 1.807) is 0 Å². The number of fused-ring (bicyclic) bond motifs is 4. The molecule has 31 heavy (non-hydrogen) atoms. The summed E-state index contributed by atoms with van der Waals surface area (Å²) in [4.78, 5) is 11.7. The number of benzene rings is 1. The molecule has 5 aliphatic carbocycles. The normalized spacial score (nSPS) is 50.7. The zero-order valence-corrected chi connectivity index (χ0v) is 19.7. The summed E-state index contributed by atoms with van der Waals surface area (Å²) < 4.78 is 6.86. The van der Waals surface area contributed by atoms with Crippen molar-refractivity contribution in [3.63, 3.8) is 0 Å². The summed E-state index contributed by atoms with van der Waals surface area (Å²) in [5.41, 5.74) is 2.60. The minimum Gasteiger partial charge on any atom is -0.373 e. The third-order valence-electron chi connectivity index (χ3n) is 11.8. The van der Waals surface area contributed by atoms with Gasteiger partial charge in [0.05, 0.1) is 12.7 Å². The van der Waals surface area contributed by atoms with Crippen molar-refractivity contribution in [2.45, 2.75) is 84.8 Å². The van der Waals surface area contributed by atoms with Crippen LogP contribution in [0.25, 0.3) is 0 Å². The molecule has 0 amide bonds. The van der Waals surface area contributed by atoms with Crippen LogP contribution >= 0.6 is 0 Å². The fraction of sp³-hybridized carbons (Fsp3) is 0.759. The van der Waals surface area contributed by atoms with E-state index in [1.165, 1.54) is 63.2 Å². The number of aldehydes is 1. The second kappa shape index (κ2) is 6.92. The number of hydrogen-bond donors (Lipinski definition) is 0. The summed E-state index contributed by atoms with van der Waals surface area (Å²) in [6.07, 6.45) is 12.5. The van der Waals surface area contributed by atoms with Gasteiger partial charge in [-0.2, -0.15) is 0 Å². The first-order valence-electron chi connectivity index (χ1n) is 13.0. The molecule has 0 aliphatic heterocycles. The molecule has 2 nitrogen and oxygen atoms in total. The summed E-state index contributed by atoms with van der Waals surface area (Å²) in [6, 6.07) is 10.8. The molecule has 2 heteroatoms. The Hall–Kier alpha value is -1.15. The van der Waals surface area contributed by atoms with Crippen LogP contribution in [0.4, 0.5) is 0 Å². The third kappa shape index (κ3) is 2.63. The minimum atomic E-state index is 0.210. The summed E-state index contributed by atoms with van der Waals surface area (Å²) in [5.74, 6) is 4.16. The van der Waals surface area contributed by atoms with Crippen LogP contribution in [-0.2, 0) is 16.1 Å². The highest BCUT2D eigenvalue weighted by Crippen LogP contribution is 2.82. The van der Waals surface area contributed by atoms with Gasteiger partial charge in [-0.1, -0.05) is 51.1 Å². The van der Waals surface area contributed by atoms with Crippen molar-refractivity contribution in [2.24, 2.45) is 51.8 Å². The lowest BCUT2D eigenvalue weighted by Crippen LogP contribution is -2.57. The summed E-state index contributed by atoms with van der Waals surface area (Å²) in [5, 5.41) is 0. The van der Waals surface area contributed by atoms with Crippen LogP contribution in [0, 0.1) is 51.8 Å². The average molecular weight is 421 g/mol. The number of hydrogen-bond acceptors (Lipinski definition) is 2. The van der Waals surface area contributed by atoms with Gasteiger partial charge >= 0.3 is 0 Å². The molecule has 0 saturated heterocycles. The van der Waals surface area contributed by atoms with E-state index in [2.05, 4.69) is 51.1 Å². The first-order valence-corrected chi connectivity index (χ1v) is 13.0. The highest BCUT2D eigenvalue weighted by atomic mass is 16.5. The molecule has 1 aromatic carbocycles. The smallest absolute Gasteiger partial charge is 0.123 e. The van der Waals surface area contributed by atoms with E-state index in [0.29, 0.717) is 28.3 Å². The van der Waals surface area contributed by atoms with Crippen molar-refractivity contribution in [1.82, 2.24) is 0 Å². The zero-order valence-electron chi connectivity index (χ0n) is 19.7. The molecule has 5 saturated carbocycles. The molecular formula is C29H40O2. The van der Waals surface area contributed by atoms with E-state index in [1.807, 2.05) is 0 Å². The molecule has 1 aromatic rings. The quantitative estimate of drug-likeness (QED) is 0.497. The SMILES string of the molecule is C[C@H](C=O)[C@H]1CC[C@H]2[C@@H]3C[C@@H](OCc4ccccc4)[C@]45C[C@@H]4CC[C@]5(C)[C@H]3CC[C@]12C. The van der Waals surface area contributed by atoms with Gasteiger partial charge in [-0.25, -0.2) is 0 Å². The van der Waals surface area contributed by atoms with Gasteiger partial charge in [0.1, 0.15) is 6.29 Å². The van der Waals surface area contributed by atoms with Crippen molar-refractivity contribution in [2.75, 3.05) is 0 Å². The van der Waals surface area contributed by atoms with Crippen LogP contribution in [0.2, 0.25) is 0 Å². The number of carbonyl (C=O) groups excluding carboxylic acids is 1. The predicted molar refractivity (Wildman–Crippen MR) is 123 cm³/mol. The van der Waals surface area contributed by atoms with Gasteiger partial charge in [-0.3, -0.25) is 0 Å². The molecule has 0 N–H and O–H groups in total. The summed E-state index contributed by atoms with van der Waals surface area (Å²) in [6.45, 7) is 8.15. The molecule has 0 heterocycles.